The molecule has 1 aromatic carbocycles. The Morgan fingerprint density at radius 1 is 1.39 bits per heavy atom. The predicted octanol–water partition coefficient (Wildman–Crippen LogP) is 0.436. The van der Waals surface area contributed by atoms with Crippen LogP contribution < -0.4 is 21.3 Å². The molecule has 0 saturated carbocycles. The fourth-order valence-electron chi connectivity index (χ4n) is 1.88. The molecule has 96 valence electrons. The zero-order valence-corrected chi connectivity index (χ0v) is 10.5. The summed E-state index contributed by atoms with van der Waals surface area (Å²) in [6.07, 6.45) is -0.378. The van der Waals surface area contributed by atoms with Crippen LogP contribution in [0.25, 0.3) is 10.9 Å². The minimum absolute atomic E-state index is 0.338. The lowest BCUT2D eigenvalue weighted by Crippen LogP contribution is -2.41. The Bertz CT molecular complexity index is 687. The van der Waals surface area contributed by atoms with Gasteiger partial charge in [0, 0.05) is 0 Å². The van der Waals surface area contributed by atoms with Crippen molar-refractivity contribution in [2.24, 2.45) is 0 Å². The van der Waals surface area contributed by atoms with Crippen LogP contribution in [0.4, 0.5) is 0 Å². The van der Waals surface area contributed by atoms with Gasteiger partial charge in [0.25, 0.3) is 5.56 Å². The normalized spacial score (nSPS) is 12.6. The molecule has 1 aromatic heterocycles. The number of fused-ring (bicyclic) bond motifs is 1. The van der Waals surface area contributed by atoms with E-state index in [1.54, 1.807) is 32.2 Å². The lowest BCUT2D eigenvalue weighted by Gasteiger charge is -2.14. The minimum atomic E-state index is -0.459. The number of nitrogens with zero attached hydrogens (tertiary/aromatic N) is 1. The van der Waals surface area contributed by atoms with Gasteiger partial charge in [-0.05, 0) is 26.1 Å². The van der Waals surface area contributed by atoms with E-state index in [0.29, 0.717) is 16.7 Å². The molecule has 1 unspecified atom stereocenters. The summed E-state index contributed by atoms with van der Waals surface area (Å²) >= 11 is 0. The standard InChI is InChI=1S/C12H15N3O3/c1-7(13-2)15-11(16)8-5-4-6-9(18-3)10(8)14-12(15)17/h4-7,13H,1-3H3,(H,14,17). The molecule has 0 fully saturated rings. The van der Waals surface area contributed by atoms with Gasteiger partial charge in [0.05, 0.1) is 24.2 Å². The number of hydrogen-bond acceptors (Lipinski definition) is 4. The summed E-state index contributed by atoms with van der Waals surface area (Å²) in [5.41, 5.74) is -0.372. The van der Waals surface area contributed by atoms with Gasteiger partial charge in [0.2, 0.25) is 0 Å². The fourth-order valence-corrected chi connectivity index (χ4v) is 1.88. The largest absolute Gasteiger partial charge is 0.495 e. The highest BCUT2D eigenvalue weighted by atomic mass is 16.5. The number of aromatic amines is 1. The maximum Gasteiger partial charge on any atom is 0.330 e. The second kappa shape index (κ2) is 4.66. The third kappa shape index (κ3) is 1.80. The predicted molar refractivity (Wildman–Crippen MR) is 69.2 cm³/mol. The second-order valence-electron chi connectivity index (χ2n) is 3.95. The van der Waals surface area contributed by atoms with Crippen LogP contribution in [0.2, 0.25) is 0 Å². The molecular weight excluding hydrogens is 234 g/mol. The fraction of sp³-hybridized carbons (Fsp3) is 0.333. The third-order valence-corrected chi connectivity index (χ3v) is 2.95. The summed E-state index contributed by atoms with van der Waals surface area (Å²) in [4.78, 5) is 26.9. The Kier molecular flexibility index (Phi) is 3.20. The first kappa shape index (κ1) is 12.4. The molecule has 0 aliphatic rings. The minimum Gasteiger partial charge on any atom is -0.495 e. The van der Waals surface area contributed by atoms with Crippen molar-refractivity contribution in [2.75, 3.05) is 14.2 Å². The molecule has 0 saturated heterocycles. The highest BCUT2D eigenvalue weighted by Crippen LogP contribution is 2.19. The van der Waals surface area contributed by atoms with Gasteiger partial charge in [-0.25, -0.2) is 9.36 Å². The van der Waals surface area contributed by atoms with Crippen molar-refractivity contribution in [3.05, 3.63) is 39.0 Å². The summed E-state index contributed by atoms with van der Waals surface area (Å²) in [6, 6.07) is 5.08. The van der Waals surface area contributed by atoms with E-state index in [4.69, 9.17) is 4.74 Å². The Morgan fingerprint density at radius 3 is 2.72 bits per heavy atom. The zero-order chi connectivity index (χ0) is 13.3. The van der Waals surface area contributed by atoms with Gasteiger partial charge in [-0.1, -0.05) is 6.07 Å². The topological polar surface area (TPSA) is 76.1 Å². The quantitative estimate of drug-likeness (QED) is 0.827. The van der Waals surface area contributed by atoms with Crippen LogP contribution in [0.3, 0.4) is 0 Å². The molecule has 1 heterocycles. The van der Waals surface area contributed by atoms with Crippen LogP contribution in [-0.4, -0.2) is 23.7 Å². The number of methoxy groups -OCH3 is 1. The highest BCUT2D eigenvalue weighted by molar-refractivity contribution is 5.83. The summed E-state index contributed by atoms with van der Waals surface area (Å²) in [5.74, 6) is 0.478. The number of aromatic nitrogens is 2. The van der Waals surface area contributed by atoms with Crippen molar-refractivity contribution in [2.45, 2.75) is 13.1 Å². The number of rotatable bonds is 3. The number of para-hydroxylation sites is 1. The van der Waals surface area contributed by atoms with Crippen LogP contribution in [-0.2, 0) is 0 Å². The van der Waals surface area contributed by atoms with Gasteiger partial charge < -0.3 is 15.0 Å². The molecule has 1 atom stereocenters. The molecule has 2 aromatic rings. The van der Waals surface area contributed by atoms with Gasteiger partial charge in [0.1, 0.15) is 5.75 Å². The van der Waals surface area contributed by atoms with Crippen molar-refractivity contribution in [3.63, 3.8) is 0 Å². The van der Waals surface area contributed by atoms with Crippen LogP contribution >= 0.6 is 0 Å². The molecular formula is C12H15N3O3. The third-order valence-electron chi connectivity index (χ3n) is 2.95. The molecule has 0 aliphatic carbocycles. The lowest BCUT2D eigenvalue weighted by atomic mass is 10.2. The van der Waals surface area contributed by atoms with Gasteiger partial charge >= 0.3 is 5.69 Å². The van der Waals surface area contributed by atoms with E-state index < -0.39 is 5.69 Å². The zero-order valence-electron chi connectivity index (χ0n) is 10.5. The van der Waals surface area contributed by atoms with Crippen molar-refractivity contribution in [1.82, 2.24) is 14.9 Å². The van der Waals surface area contributed by atoms with Crippen LogP contribution in [0.5, 0.6) is 5.75 Å². The molecule has 2 rings (SSSR count). The lowest BCUT2D eigenvalue weighted by molar-refractivity contribution is 0.417. The number of ether oxygens (including phenoxy) is 1. The monoisotopic (exact) mass is 249 g/mol. The smallest absolute Gasteiger partial charge is 0.330 e. The van der Waals surface area contributed by atoms with Crippen LogP contribution in [0.15, 0.2) is 27.8 Å². The van der Waals surface area contributed by atoms with Crippen molar-refractivity contribution < 1.29 is 4.74 Å². The number of H-pyrrole nitrogens is 1. The van der Waals surface area contributed by atoms with Crippen molar-refractivity contribution >= 4 is 10.9 Å². The number of benzene rings is 1. The van der Waals surface area contributed by atoms with Crippen molar-refractivity contribution in [3.8, 4) is 5.75 Å². The Balaban J connectivity index is 2.88. The first-order valence-corrected chi connectivity index (χ1v) is 5.59. The van der Waals surface area contributed by atoms with E-state index in [1.165, 1.54) is 7.11 Å². The van der Waals surface area contributed by atoms with Crippen molar-refractivity contribution in [1.29, 1.82) is 0 Å². The van der Waals surface area contributed by atoms with Gasteiger partial charge in [-0.15, -0.1) is 0 Å². The Labute approximate surface area is 103 Å². The maximum absolute atomic E-state index is 12.3. The first-order valence-electron chi connectivity index (χ1n) is 5.59. The van der Waals surface area contributed by atoms with Crippen LogP contribution in [0.1, 0.15) is 13.1 Å². The number of nitrogens with one attached hydrogen (secondary N) is 2. The van der Waals surface area contributed by atoms with E-state index in [9.17, 15) is 9.59 Å². The molecule has 0 aliphatic heterocycles. The van der Waals surface area contributed by atoms with Crippen LogP contribution in [0, 0.1) is 0 Å². The van der Waals surface area contributed by atoms with E-state index in [0.717, 1.165) is 4.57 Å². The Hall–Kier alpha value is -2.08. The Morgan fingerprint density at radius 2 is 2.11 bits per heavy atom. The van der Waals surface area contributed by atoms with E-state index >= 15 is 0 Å². The van der Waals surface area contributed by atoms with Gasteiger partial charge in [-0.3, -0.25) is 4.79 Å². The highest BCUT2D eigenvalue weighted by Gasteiger charge is 2.13. The first-order chi connectivity index (χ1) is 8.60. The summed E-state index contributed by atoms with van der Waals surface area (Å²) < 4.78 is 6.27. The average Bonchev–Trinajstić information content (AvgIpc) is 2.37. The molecule has 0 amide bonds. The second-order valence-corrected chi connectivity index (χ2v) is 3.95. The SMILES string of the molecule is CNC(C)n1c(=O)[nH]c2c(OC)cccc2c1=O. The molecule has 18 heavy (non-hydrogen) atoms. The van der Waals surface area contributed by atoms with Gasteiger partial charge in [0.15, 0.2) is 0 Å². The molecule has 2 N–H and O–H groups in total. The molecule has 0 spiro atoms. The van der Waals surface area contributed by atoms with Gasteiger partial charge in [-0.2, -0.15) is 0 Å². The summed E-state index contributed by atoms with van der Waals surface area (Å²) in [5, 5.41) is 3.29. The maximum atomic E-state index is 12.3. The molecule has 6 heteroatoms. The molecule has 0 radical (unpaired) electrons. The summed E-state index contributed by atoms with van der Waals surface area (Å²) in [6.45, 7) is 1.74. The summed E-state index contributed by atoms with van der Waals surface area (Å²) in [7, 11) is 3.18. The van der Waals surface area contributed by atoms with E-state index in [-0.39, 0.29) is 11.7 Å². The molecule has 6 nitrogen and oxygen atoms in total. The molecule has 0 bridgehead atoms. The van der Waals surface area contributed by atoms with E-state index in [1.807, 2.05) is 0 Å². The van der Waals surface area contributed by atoms with E-state index in [2.05, 4.69) is 10.3 Å². The number of hydrogen-bond donors (Lipinski definition) is 2. The average molecular weight is 249 g/mol.